The van der Waals surface area contributed by atoms with Gasteiger partial charge < -0.3 is 9.80 Å². The van der Waals surface area contributed by atoms with E-state index in [1.54, 1.807) is 18.5 Å². The zero-order valence-corrected chi connectivity index (χ0v) is 21.1. The van der Waals surface area contributed by atoms with Crippen LogP contribution in [0.4, 0.5) is 0 Å². The van der Waals surface area contributed by atoms with Crippen LogP contribution in [0, 0.1) is 0 Å². The van der Waals surface area contributed by atoms with Gasteiger partial charge in [-0.2, -0.15) is 5.10 Å². The van der Waals surface area contributed by atoms with Crippen LogP contribution in [0.1, 0.15) is 24.1 Å². The van der Waals surface area contributed by atoms with Crippen molar-refractivity contribution in [3.8, 4) is 16.9 Å². The lowest BCUT2D eigenvalue weighted by Crippen LogP contribution is -2.45. The van der Waals surface area contributed by atoms with Crippen molar-refractivity contribution < 1.29 is 4.79 Å². The summed E-state index contributed by atoms with van der Waals surface area (Å²) in [5.74, 6) is 0.0107. The lowest BCUT2D eigenvalue weighted by atomic mass is 10.0. The Morgan fingerprint density at radius 1 is 1.03 bits per heavy atom. The number of nitrogens with zero attached hydrogens (tertiary/aromatic N) is 6. The summed E-state index contributed by atoms with van der Waals surface area (Å²) in [5, 5.41) is 4.80. The summed E-state index contributed by atoms with van der Waals surface area (Å²) >= 11 is 0. The zero-order valence-electron chi connectivity index (χ0n) is 21.1. The largest absolute Gasteiger partial charge is 0.339 e. The first-order valence-electron chi connectivity index (χ1n) is 12.8. The van der Waals surface area contributed by atoms with E-state index in [0.717, 1.165) is 67.1 Å². The molecule has 1 aromatic carbocycles. The quantitative estimate of drug-likeness (QED) is 0.339. The molecule has 7 nitrogen and oxygen atoms in total. The van der Waals surface area contributed by atoms with Gasteiger partial charge >= 0.3 is 0 Å². The maximum atomic E-state index is 13.1. The van der Waals surface area contributed by atoms with Gasteiger partial charge in [0.15, 0.2) is 0 Å². The van der Waals surface area contributed by atoms with Gasteiger partial charge in [-0.15, -0.1) is 0 Å². The molecule has 0 atom stereocenters. The number of hydrogen-bond donors (Lipinski definition) is 0. The molecule has 1 saturated heterocycles. The number of amides is 1. The molecule has 0 unspecified atom stereocenters. The highest BCUT2D eigenvalue weighted by atomic mass is 16.2. The molecule has 1 aliphatic rings. The molecule has 188 valence electrons. The normalized spacial score (nSPS) is 14.7. The maximum Gasteiger partial charge on any atom is 0.246 e. The lowest BCUT2D eigenvalue weighted by molar-refractivity contribution is -0.127. The van der Waals surface area contributed by atoms with Crippen LogP contribution in [0.3, 0.4) is 0 Å². The lowest BCUT2D eigenvalue weighted by Gasteiger charge is -2.36. The number of carbonyl (C=O) groups excluding carboxylic acids is 1. The minimum Gasteiger partial charge on any atom is -0.339 e. The molecular formula is C30H32N6O. The van der Waals surface area contributed by atoms with E-state index in [0.29, 0.717) is 0 Å². The highest BCUT2D eigenvalue weighted by Gasteiger charge is 2.24. The molecule has 0 spiro atoms. The fraction of sp³-hybridized carbons (Fsp3) is 0.267. The predicted molar refractivity (Wildman–Crippen MR) is 146 cm³/mol. The van der Waals surface area contributed by atoms with Crippen LogP contribution in [0.15, 0.2) is 91.5 Å². The highest BCUT2D eigenvalue weighted by molar-refractivity contribution is 5.93. The minimum absolute atomic E-state index is 0.0107. The summed E-state index contributed by atoms with van der Waals surface area (Å²) in [6.45, 7) is 2.99. The van der Waals surface area contributed by atoms with Gasteiger partial charge in [-0.05, 0) is 55.3 Å². The van der Waals surface area contributed by atoms with Gasteiger partial charge in [0.1, 0.15) is 5.69 Å². The summed E-state index contributed by atoms with van der Waals surface area (Å²) in [6, 6.07) is 20.2. The second-order valence-electron chi connectivity index (χ2n) is 9.38. The highest BCUT2D eigenvalue weighted by Crippen LogP contribution is 2.24. The third-order valence-electron chi connectivity index (χ3n) is 6.97. The van der Waals surface area contributed by atoms with Crippen molar-refractivity contribution in [2.45, 2.75) is 25.3 Å². The molecule has 1 aliphatic heterocycles. The molecule has 4 heterocycles. The number of carbonyl (C=O) groups is 1. The second-order valence-corrected chi connectivity index (χ2v) is 9.38. The second kappa shape index (κ2) is 11.8. The van der Waals surface area contributed by atoms with Crippen molar-refractivity contribution in [1.29, 1.82) is 0 Å². The molecule has 3 aromatic heterocycles. The average molecular weight is 493 g/mol. The van der Waals surface area contributed by atoms with Crippen LogP contribution in [0.5, 0.6) is 0 Å². The summed E-state index contributed by atoms with van der Waals surface area (Å²) in [7, 11) is 1.91. The molecule has 4 aromatic rings. The Morgan fingerprint density at radius 2 is 1.84 bits per heavy atom. The Bertz CT molecular complexity index is 1310. The van der Waals surface area contributed by atoms with Gasteiger partial charge in [0.05, 0.1) is 5.69 Å². The molecule has 0 saturated carbocycles. The number of pyridine rings is 2. The van der Waals surface area contributed by atoms with Crippen molar-refractivity contribution in [3.05, 3.63) is 103 Å². The molecule has 0 radical (unpaired) electrons. The molecule has 0 aliphatic carbocycles. The van der Waals surface area contributed by atoms with E-state index < -0.39 is 0 Å². The standard InChI is InChI=1S/C30H32N6O/c1-34(27-15-20-35(21-16-27)19-14-26-9-5-6-18-32-26)29(37)13-12-25-23-36(28-10-3-2-4-11-28)33-30(25)24-8-7-17-31-22-24/h2-13,17-18,22-23,27H,14-16,19-21H2,1H3/b13-12+. The third-order valence-corrected chi connectivity index (χ3v) is 6.97. The average Bonchev–Trinajstić information content (AvgIpc) is 3.40. The Balaban J connectivity index is 1.23. The molecule has 1 fully saturated rings. The summed E-state index contributed by atoms with van der Waals surface area (Å²) in [4.78, 5) is 26.1. The topological polar surface area (TPSA) is 67.2 Å². The zero-order chi connectivity index (χ0) is 25.5. The van der Waals surface area contributed by atoms with Gasteiger partial charge in [-0.25, -0.2) is 4.68 Å². The molecule has 0 N–H and O–H groups in total. The Kier molecular flexibility index (Phi) is 7.81. The first kappa shape index (κ1) is 24.6. The van der Waals surface area contributed by atoms with E-state index in [2.05, 4.69) is 20.9 Å². The molecule has 0 bridgehead atoms. The number of piperidine rings is 1. The Hall–Kier alpha value is -4.10. The van der Waals surface area contributed by atoms with Crippen molar-refractivity contribution >= 4 is 12.0 Å². The SMILES string of the molecule is CN(C(=O)/C=C/c1cn(-c2ccccc2)nc1-c1cccnc1)C1CCN(CCc2ccccn2)CC1. The van der Waals surface area contributed by atoms with Gasteiger partial charge in [0.2, 0.25) is 5.91 Å². The van der Waals surface area contributed by atoms with Gasteiger partial charge in [0, 0.05) is 86.8 Å². The number of likely N-dealkylation sites (tertiary alicyclic amines) is 1. The van der Waals surface area contributed by atoms with E-state index in [1.807, 2.05) is 89.7 Å². The van der Waals surface area contributed by atoms with Crippen molar-refractivity contribution in [1.82, 2.24) is 29.5 Å². The maximum absolute atomic E-state index is 13.1. The van der Waals surface area contributed by atoms with Gasteiger partial charge in [-0.1, -0.05) is 24.3 Å². The number of aromatic nitrogens is 4. The fourth-order valence-corrected chi connectivity index (χ4v) is 4.76. The fourth-order valence-electron chi connectivity index (χ4n) is 4.76. The first-order valence-corrected chi connectivity index (χ1v) is 12.8. The number of hydrogen-bond acceptors (Lipinski definition) is 5. The van der Waals surface area contributed by atoms with Crippen LogP contribution in [0.2, 0.25) is 0 Å². The number of benzene rings is 1. The predicted octanol–water partition coefficient (Wildman–Crippen LogP) is 4.51. The van der Waals surface area contributed by atoms with E-state index in [4.69, 9.17) is 5.10 Å². The number of para-hydroxylation sites is 1. The smallest absolute Gasteiger partial charge is 0.246 e. The van der Waals surface area contributed by atoms with E-state index in [1.165, 1.54) is 0 Å². The van der Waals surface area contributed by atoms with Crippen molar-refractivity contribution in [3.63, 3.8) is 0 Å². The van der Waals surface area contributed by atoms with E-state index >= 15 is 0 Å². The monoisotopic (exact) mass is 492 g/mol. The summed E-state index contributed by atoms with van der Waals surface area (Å²) in [5.41, 5.74) is 4.68. The van der Waals surface area contributed by atoms with Crippen LogP contribution in [0.25, 0.3) is 23.0 Å². The van der Waals surface area contributed by atoms with E-state index in [-0.39, 0.29) is 11.9 Å². The van der Waals surface area contributed by atoms with Crippen LogP contribution >= 0.6 is 0 Å². The third kappa shape index (κ3) is 6.19. The number of likely N-dealkylation sites (N-methyl/N-ethyl adjacent to an activating group) is 1. The van der Waals surface area contributed by atoms with Gasteiger partial charge in [0.25, 0.3) is 0 Å². The summed E-state index contributed by atoms with van der Waals surface area (Å²) in [6.07, 6.45) is 13.8. The minimum atomic E-state index is 0.0107. The molecular weight excluding hydrogens is 460 g/mol. The van der Waals surface area contributed by atoms with Crippen LogP contribution < -0.4 is 0 Å². The van der Waals surface area contributed by atoms with E-state index in [9.17, 15) is 4.79 Å². The molecule has 5 rings (SSSR count). The molecule has 37 heavy (non-hydrogen) atoms. The Morgan fingerprint density at radius 3 is 2.57 bits per heavy atom. The number of rotatable bonds is 8. The van der Waals surface area contributed by atoms with Crippen LogP contribution in [-0.2, 0) is 11.2 Å². The molecule has 1 amide bonds. The van der Waals surface area contributed by atoms with Crippen molar-refractivity contribution in [2.75, 3.05) is 26.7 Å². The molecule has 7 heteroatoms. The Labute approximate surface area is 218 Å². The van der Waals surface area contributed by atoms with Crippen molar-refractivity contribution in [2.24, 2.45) is 0 Å². The van der Waals surface area contributed by atoms with Crippen LogP contribution in [-0.4, -0.2) is 68.2 Å². The van der Waals surface area contributed by atoms with Gasteiger partial charge in [-0.3, -0.25) is 14.8 Å². The summed E-state index contributed by atoms with van der Waals surface area (Å²) < 4.78 is 1.84. The first-order chi connectivity index (χ1) is 18.2.